The largest absolute Gasteiger partial charge is 0.328 e. The van der Waals surface area contributed by atoms with Crippen LogP contribution in [0.5, 0.6) is 0 Å². The van der Waals surface area contributed by atoms with Crippen molar-refractivity contribution in [3.63, 3.8) is 0 Å². The first kappa shape index (κ1) is 13.1. The predicted molar refractivity (Wildman–Crippen MR) is 72.1 cm³/mol. The van der Waals surface area contributed by atoms with Crippen LogP contribution in [0.15, 0.2) is 30.3 Å². The Labute approximate surface area is 111 Å². The molecule has 0 bridgehead atoms. The van der Waals surface area contributed by atoms with Crippen LogP contribution in [-0.4, -0.2) is 40.8 Å². The third-order valence-corrected chi connectivity index (χ3v) is 3.79. The van der Waals surface area contributed by atoms with Gasteiger partial charge in [-0.15, -0.1) is 0 Å². The highest BCUT2D eigenvalue weighted by Crippen LogP contribution is 2.20. The van der Waals surface area contributed by atoms with Crippen LogP contribution in [-0.2, 0) is 16.0 Å². The Morgan fingerprint density at radius 2 is 2.17 bits per heavy atom. The molecule has 0 spiro atoms. The van der Waals surface area contributed by atoms with E-state index in [4.69, 9.17) is 5.73 Å². The Morgan fingerprint density at radius 1 is 1.50 bits per heavy atom. The number of carbonyl (C=O) groups excluding carboxylic acids is 2. The molecule has 2 unspecified atom stereocenters. The van der Waals surface area contributed by atoms with Crippen molar-refractivity contribution in [3.8, 4) is 0 Å². The standard InChI is InChI=1S/C13H16N2O2S/c1-18-13(17)11(15-8-10(14)12(15)16)7-9-5-3-2-4-6-9/h2-6,10-11H,7-8,14H2,1H3. The molecule has 4 nitrogen and oxygen atoms in total. The maximum absolute atomic E-state index is 11.9. The first-order chi connectivity index (χ1) is 8.63. The molecular weight excluding hydrogens is 248 g/mol. The maximum Gasteiger partial charge on any atom is 0.242 e. The highest BCUT2D eigenvalue weighted by atomic mass is 32.2. The Bertz CT molecular complexity index is 450. The Morgan fingerprint density at radius 3 is 2.67 bits per heavy atom. The second-order valence-electron chi connectivity index (χ2n) is 4.33. The van der Waals surface area contributed by atoms with Gasteiger partial charge in [0.05, 0.1) is 0 Å². The quantitative estimate of drug-likeness (QED) is 0.811. The van der Waals surface area contributed by atoms with Crippen molar-refractivity contribution in [2.45, 2.75) is 18.5 Å². The molecule has 1 aromatic rings. The van der Waals surface area contributed by atoms with E-state index in [1.54, 1.807) is 11.2 Å². The summed E-state index contributed by atoms with van der Waals surface area (Å²) in [5.41, 5.74) is 6.63. The first-order valence-corrected chi connectivity index (χ1v) is 7.03. The molecule has 1 heterocycles. The molecule has 1 aromatic carbocycles. The normalized spacial score (nSPS) is 20.4. The zero-order chi connectivity index (χ0) is 13.1. The summed E-state index contributed by atoms with van der Waals surface area (Å²) in [6.07, 6.45) is 2.30. The zero-order valence-corrected chi connectivity index (χ0v) is 11.0. The van der Waals surface area contributed by atoms with Gasteiger partial charge in [-0.3, -0.25) is 9.59 Å². The summed E-state index contributed by atoms with van der Waals surface area (Å²) in [5, 5.41) is 0.0131. The van der Waals surface area contributed by atoms with Crippen molar-refractivity contribution in [3.05, 3.63) is 35.9 Å². The number of nitrogens with two attached hydrogens (primary N) is 1. The number of likely N-dealkylation sites (tertiary alicyclic amines) is 1. The van der Waals surface area contributed by atoms with Gasteiger partial charge in [-0.1, -0.05) is 42.1 Å². The lowest BCUT2D eigenvalue weighted by Gasteiger charge is -2.41. The highest BCUT2D eigenvalue weighted by Gasteiger charge is 2.40. The molecule has 5 heteroatoms. The van der Waals surface area contributed by atoms with E-state index in [0.29, 0.717) is 13.0 Å². The summed E-state index contributed by atoms with van der Waals surface area (Å²) in [6.45, 7) is 0.475. The third kappa shape index (κ3) is 2.57. The number of hydrogen-bond donors (Lipinski definition) is 1. The average Bonchev–Trinajstić information content (AvgIpc) is 2.42. The molecule has 0 saturated carbocycles. The van der Waals surface area contributed by atoms with Gasteiger partial charge in [0.2, 0.25) is 11.0 Å². The van der Waals surface area contributed by atoms with Gasteiger partial charge < -0.3 is 10.6 Å². The SMILES string of the molecule is CSC(=O)C(Cc1ccccc1)N1CC(N)C1=O. The minimum absolute atomic E-state index is 0.0131. The van der Waals surface area contributed by atoms with Crippen LogP contribution in [0, 0.1) is 0 Å². The lowest BCUT2D eigenvalue weighted by Crippen LogP contribution is -2.65. The number of benzene rings is 1. The number of amides is 1. The molecular formula is C13H16N2O2S. The minimum Gasteiger partial charge on any atom is -0.328 e. The Balaban J connectivity index is 2.12. The van der Waals surface area contributed by atoms with Crippen LogP contribution in [0.25, 0.3) is 0 Å². The molecule has 1 aliphatic heterocycles. The number of thioether (sulfide) groups is 1. The van der Waals surface area contributed by atoms with E-state index in [2.05, 4.69) is 0 Å². The van der Waals surface area contributed by atoms with E-state index in [1.807, 2.05) is 30.3 Å². The van der Waals surface area contributed by atoms with E-state index >= 15 is 0 Å². The van der Waals surface area contributed by atoms with Gasteiger partial charge in [0, 0.05) is 13.0 Å². The van der Waals surface area contributed by atoms with E-state index in [0.717, 1.165) is 17.3 Å². The van der Waals surface area contributed by atoms with Crippen molar-refractivity contribution in [2.75, 3.05) is 12.8 Å². The second-order valence-corrected chi connectivity index (χ2v) is 5.14. The van der Waals surface area contributed by atoms with Gasteiger partial charge in [0.1, 0.15) is 12.1 Å². The van der Waals surface area contributed by atoms with E-state index in [-0.39, 0.29) is 11.0 Å². The predicted octanol–water partition coefficient (Wildman–Crippen LogP) is 0.657. The van der Waals surface area contributed by atoms with Gasteiger partial charge in [0.15, 0.2) is 0 Å². The zero-order valence-electron chi connectivity index (χ0n) is 10.2. The molecule has 1 fully saturated rings. The topological polar surface area (TPSA) is 63.4 Å². The molecule has 1 saturated heterocycles. The monoisotopic (exact) mass is 264 g/mol. The molecule has 0 aromatic heterocycles. The summed E-state index contributed by atoms with van der Waals surface area (Å²) in [4.78, 5) is 25.2. The van der Waals surface area contributed by atoms with Gasteiger partial charge >= 0.3 is 0 Å². The average molecular weight is 264 g/mol. The minimum atomic E-state index is -0.432. The maximum atomic E-state index is 11.9. The van der Waals surface area contributed by atoms with E-state index < -0.39 is 12.1 Å². The van der Waals surface area contributed by atoms with E-state index in [9.17, 15) is 9.59 Å². The fourth-order valence-electron chi connectivity index (χ4n) is 2.06. The summed E-state index contributed by atoms with van der Waals surface area (Å²) >= 11 is 1.16. The molecule has 2 rings (SSSR count). The van der Waals surface area contributed by atoms with Gasteiger partial charge in [-0.2, -0.15) is 0 Å². The molecule has 18 heavy (non-hydrogen) atoms. The number of rotatable bonds is 4. The molecule has 96 valence electrons. The number of hydrogen-bond acceptors (Lipinski definition) is 4. The van der Waals surface area contributed by atoms with E-state index in [1.165, 1.54) is 0 Å². The van der Waals surface area contributed by atoms with Crippen LogP contribution in [0.4, 0.5) is 0 Å². The van der Waals surface area contributed by atoms with Crippen LogP contribution in [0.1, 0.15) is 5.56 Å². The van der Waals surface area contributed by atoms with Crippen molar-refractivity contribution in [1.82, 2.24) is 4.90 Å². The molecule has 2 N–H and O–H groups in total. The van der Waals surface area contributed by atoms with Gasteiger partial charge in [-0.25, -0.2) is 0 Å². The van der Waals surface area contributed by atoms with Crippen LogP contribution < -0.4 is 5.73 Å². The van der Waals surface area contributed by atoms with Crippen LogP contribution in [0.2, 0.25) is 0 Å². The lowest BCUT2D eigenvalue weighted by molar-refractivity contribution is -0.148. The lowest BCUT2D eigenvalue weighted by atomic mass is 10.00. The fourth-order valence-corrected chi connectivity index (χ4v) is 2.54. The first-order valence-electron chi connectivity index (χ1n) is 5.81. The fraction of sp³-hybridized carbons (Fsp3) is 0.385. The number of carbonyl (C=O) groups is 2. The number of nitrogens with zero attached hydrogens (tertiary/aromatic N) is 1. The molecule has 0 aliphatic carbocycles. The second kappa shape index (κ2) is 5.54. The Hall–Kier alpha value is -1.33. The summed E-state index contributed by atoms with van der Waals surface area (Å²) in [5.74, 6) is -0.127. The molecule has 0 radical (unpaired) electrons. The van der Waals surface area contributed by atoms with Crippen molar-refractivity contribution < 1.29 is 9.59 Å². The third-order valence-electron chi connectivity index (χ3n) is 3.12. The smallest absolute Gasteiger partial charge is 0.242 e. The highest BCUT2D eigenvalue weighted by molar-refractivity contribution is 8.13. The summed E-state index contributed by atoms with van der Waals surface area (Å²) in [6, 6.07) is 8.89. The van der Waals surface area contributed by atoms with Crippen LogP contribution >= 0.6 is 11.8 Å². The van der Waals surface area contributed by atoms with Crippen molar-refractivity contribution in [2.24, 2.45) is 5.73 Å². The van der Waals surface area contributed by atoms with Gasteiger partial charge in [0.25, 0.3) is 0 Å². The summed E-state index contributed by atoms with van der Waals surface area (Å²) < 4.78 is 0. The van der Waals surface area contributed by atoms with Crippen molar-refractivity contribution >= 4 is 22.8 Å². The molecule has 1 amide bonds. The number of β-lactam (4-membered cyclic amide) rings is 1. The van der Waals surface area contributed by atoms with Crippen molar-refractivity contribution in [1.29, 1.82) is 0 Å². The van der Waals surface area contributed by atoms with Crippen LogP contribution in [0.3, 0.4) is 0 Å². The summed E-state index contributed by atoms with van der Waals surface area (Å²) in [7, 11) is 0. The molecule has 1 aliphatic rings. The Kier molecular flexibility index (Phi) is 4.04. The molecule has 2 atom stereocenters. The van der Waals surface area contributed by atoms with Gasteiger partial charge in [-0.05, 0) is 11.8 Å².